The molecule has 6 rings (SSSR count). The van der Waals surface area contributed by atoms with Gasteiger partial charge in [-0.2, -0.15) is 0 Å². The topological polar surface area (TPSA) is 112 Å². The van der Waals surface area contributed by atoms with Gasteiger partial charge in [-0.05, 0) is 78.0 Å². The van der Waals surface area contributed by atoms with Gasteiger partial charge < -0.3 is 19.5 Å². The van der Waals surface area contributed by atoms with Crippen LogP contribution in [0.4, 0.5) is 0 Å². The Morgan fingerprint density at radius 2 is 1.70 bits per heavy atom. The van der Waals surface area contributed by atoms with Gasteiger partial charge in [0.25, 0.3) is 21.8 Å². The lowest BCUT2D eigenvalue weighted by atomic mass is 10.0. The Morgan fingerprint density at radius 1 is 0.977 bits per heavy atom. The van der Waals surface area contributed by atoms with E-state index in [1.165, 1.54) is 12.1 Å². The van der Waals surface area contributed by atoms with Gasteiger partial charge in [0.1, 0.15) is 23.2 Å². The van der Waals surface area contributed by atoms with Crippen molar-refractivity contribution in [2.75, 3.05) is 6.54 Å². The van der Waals surface area contributed by atoms with Crippen molar-refractivity contribution < 1.29 is 22.4 Å². The third-order valence-electron chi connectivity index (χ3n) is 7.93. The van der Waals surface area contributed by atoms with Gasteiger partial charge in [-0.1, -0.05) is 49.4 Å². The number of fused-ring (bicyclic) bond motifs is 1. The van der Waals surface area contributed by atoms with Crippen LogP contribution in [0.25, 0.3) is 22.3 Å². The van der Waals surface area contributed by atoms with Crippen molar-refractivity contribution in [3.8, 4) is 11.3 Å². The van der Waals surface area contributed by atoms with Gasteiger partial charge in [0.05, 0.1) is 14.9 Å². The van der Waals surface area contributed by atoms with E-state index in [2.05, 4.69) is 42.7 Å². The van der Waals surface area contributed by atoms with Crippen molar-refractivity contribution in [3.63, 3.8) is 0 Å². The van der Waals surface area contributed by atoms with Crippen LogP contribution >= 0.6 is 15.9 Å². The van der Waals surface area contributed by atoms with Crippen LogP contribution in [0.3, 0.4) is 0 Å². The first-order valence-corrected chi connectivity index (χ1v) is 17.0. The molecule has 0 saturated heterocycles. The molecule has 1 aliphatic carbocycles. The number of hydrogen-bond donors (Lipinski definition) is 2. The highest BCUT2D eigenvalue weighted by Gasteiger charge is 2.41. The molecule has 1 unspecified atom stereocenters. The zero-order valence-electron chi connectivity index (χ0n) is 24.4. The fraction of sp³-hybridized carbons (Fsp3) is 0.273. The molecule has 2 aliphatic rings. The number of amides is 2. The molecule has 2 amide bonds. The van der Waals surface area contributed by atoms with E-state index in [4.69, 9.17) is 4.42 Å². The summed E-state index contributed by atoms with van der Waals surface area (Å²) in [7, 11) is -4.07. The molecule has 0 radical (unpaired) electrons. The largest absolute Gasteiger partial charge is 0.455 e. The van der Waals surface area contributed by atoms with Gasteiger partial charge in [0.2, 0.25) is 0 Å². The van der Waals surface area contributed by atoms with Crippen LogP contribution in [0.15, 0.2) is 98.5 Å². The predicted molar refractivity (Wildman–Crippen MR) is 172 cm³/mol. The molecule has 1 atom stereocenters. The summed E-state index contributed by atoms with van der Waals surface area (Å²) in [4.78, 5) is 30.8. The Labute approximate surface area is 265 Å². The number of carbonyl (C=O) groups is 2. The summed E-state index contributed by atoms with van der Waals surface area (Å²) in [6, 6.07) is 20.8. The maximum absolute atomic E-state index is 13.3. The van der Waals surface area contributed by atoms with Crippen molar-refractivity contribution in [2.24, 2.45) is 0 Å². The van der Waals surface area contributed by atoms with E-state index < -0.39 is 15.9 Å². The van der Waals surface area contributed by atoms with E-state index in [0.29, 0.717) is 46.2 Å². The van der Waals surface area contributed by atoms with E-state index in [0.717, 1.165) is 30.2 Å². The van der Waals surface area contributed by atoms with Gasteiger partial charge in [-0.15, -0.1) is 0 Å². The number of likely N-dealkylation sites (N-methyl/N-ethyl adjacent to an activating group) is 1. The number of nitrogens with zero attached hydrogens (tertiary/aromatic N) is 2. The standard InChI is InChI=1S/C33H33BrN4O5S/c1-3-29-37(22-15-16-22)20-27(33(40)35-4-2)38(29)19-21-14-17-28-26(18-21)30(34)31(43-28)24-12-8-9-13-25(24)32(39)36-44(41,42)23-10-6-5-7-11-23/h5-14,17-18,20,22,29H,3-4,15-16,19H2,1-2H3,(H,35,40)(H,36,39). The maximum Gasteiger partial charge on any atom is 0.269 e. The zero-order valence-corrected chi connectivity index (χ0v) is 26.8. The third kappa shape index (κ3) is 5.73. The lowest BCUT2D eigenvalue weighted by Gasteiger charge is -2.33. The van der Waals surface area contributed by atoms with Gasteiger partial charge in [0, 0.05) is 36.3 Å². The molecular weight excluding hydrogens is 644 g/mol. The highest BCUT2D eigenvalue weighted by Crippen LogP contribution is 2.41. The first-order valence-electron chi connectivity index (χ1n) is 14.7. The molecule has 44 heavy (non-hydrogen) atoms. The summed E-state index contributed by atoms with van der Waals surface area (Å²) < 4.78 is 34.8. The average Bonchev–Trinajstić information content (AvgIpc) is 3.73. The Balaban J connectivity index is 1.30. The molecule has 1 fully saturated rings. The van der Waals surface area contributed by atoms with Gasteiger partial charge in [0.15, 0.2) is 0 Å². The van der Waals surface area contributed by atoms with Gasteiger partial charge >= 0.3 is 0 Å². The normalized spacial score (nSPS) is 16.7. The molecule has 0 spiro atoms. The molecular formula is C33H33BrN4O5S. The molecule has 3 aromatic carbocycles. The predicted octanol–water partition coefficient (Wildman–Crippen LogP) is 5.97. The lowest BCUT2D eigenvalue weighted by molar-refractivity contribution is -0.119. The van der Waals surface area contributed by atoms with E-state index >= 15 is 0 Å². The molecule has 9 nitrogen and oxygen atoms in total. The third-order valence-corrected chi connectivity index (χ3v) is 10.1. The summed E-state index contributed by atoms with van der Waals surface area (Å²) >= 11 is 3.69. The van der Waals surface area contributed by atoms with E-state index in [1.54, 1.807) is 42.5 Å². The molecule has 0 bridgehead atoms. The second-order valence-electron chi connectivity index (χ2n) is 10.9. The SMILES string of the molecule is CCNC(=O)C1=CN(C2CC2)C(CC)N1Cc1ccc2oc(-c3ccccc3C(=O)NS(=O)(=O)c3ccccc3)c(Br)c2c1. The Hall–Kier alpha value is -4.09. The van der Waals surface area contributed by atoms with Crippen molar-refractivity contribution in [3.05, 3.63) is 100 Å². The summed E-state index contributed by atoms with van der Waals surface area (Å²) in [6.07, 6.45) is 5.25. The van der Waals surface area contributed by atoms with Crippen molar-refractivity contribution in [1.29, 1.82) is 0 Å². The number of hydrogen-bond acceptors (Lipinski definition) is 7. The van der Waals surface area contributed by atoms with Gasteiger partial charge in [-0.25, -0.2) is 13.1 Å². The second kappa shape index (κ2) is 12.1. The van der Waals surface area contributed by atoms with Crippen LogP contribution < -0.4 is 10.0 Å². The fourth-order valence-corrected chi connectivity index (χ4v) is 7.30. The average molecular weight is 678 g/mol. The van der Waals surface area contributed by atoms with Crippen LogP contribution in [0.1, 0.15) is 49.0 Å². The first-order chi connectivity index (χ1) is 21.2. The monoisotopic (exact) mass is 676 g/mol. The summed E-state index contributed by atoms with van der Waals surface area (Å²) in [6.45, 7) is 5.14. The molecule has 228 valence electrons. The van der Waals surface area contributed by atoms with Gasteiger partial charge in [-0.3, -0.25) is 9.59 Å². The van der Waals surface area contributed by atoms with Crippen LogP contribution in [-0.2, 0) is 21.4 Å². The minimum atomic E-state index is -4.07. The van der Waals surface area contributed by atoms with Crippen molar-refractivity contribution >= 4 is 48.7 Å². The maximum atomic E-state index is 13.3. The summed E-state index contributed by atoms with van der Waals surface area (Å²) in [5, 5.41) is 3.76. The quantitative estimate of drug-likeness (QED) is 0.213. The number of rotatable bonds is 10. The van der Waals surface area contributed by atoms with Crippen LogP contribution in [0.5, 0.6) is 0 Å². The minimum absolute atomic E-state index is 0.00276. The molecule has 2 N–H and O–H groups in total. The molecule has 1 saturated carbocycles. The van der Waals surface area contributed by atoms with Crippen molar-refractivity contribution in [1.82, 2.24) is 19.8 Å². The zero-order chi connectivity index (χ0) is 31.0. The van der Waals surface area contributed by atoms with E-state index in [-0.39, 0.29) is 22.5 Å². The molecule has 4 aromatic rings. The Bertz CT molecular complexity index is 1870. The summed E-state index contributed by atoms with van der Waals surface area (Å²) in [5.74, 6) is -0.427. The summed E-state index contributed by atoms with van der Waals surface area (Å²) in [5.41, 5.74) is 2.88. The first kappa shape index (κ1) is 30.0. The van der Waals surface area contributed by atoms with Crippen LogP contribution in [0.2, 0.25) is 0 Å². The highest BCUT2D eigenvalue weighted by molar-refractivity contribution is 9.10. The van der Waals surface area contributed by atoms with E-state index in [1.807, 2.05) is 31.3 Å². The molecule has 1 aromatic heterocycles. The number of benzene rings is 3. The second-order valence-corrected chi connectivity index (χ2v) is 13.4. The van der Waals surface area contributed by atoms with Crippen LogP contribution in [0, 0.1) is 0 Å². The Kier molecular flexibility index (Phi) is 8.26. The van der Waals surface area contributed by atoms with Crippen molar-refractivity contribution in [2.45, 2.75) is 56.8 Å². The fourth-order valence-electron chi connectivity index (χ4n) is 5.70. The van der Waals surface area contributed by atoms with Crippen LogP contribution in [-0.4, -0.2) is 48.8 Å². The number of sulfonamides is 1. The lowest BCUT2D eigenvalue weighted by Crippen LogP contribution is -2.42. The number of furan rings is 1. The number of carbonyl (C=O) groups excluding carboxylic acids is 2. The highest BCUT2D eigenvalue weighted by atomic mass is 79.9. The van der Waals surface area contributed by atoms with E-state index in [9.17, 15) is 18.0 Å². The minimum Gasteiger partial charge on any atom is -0.455 e. The smallest absolute Gasteiger partial charge is 0.269 e. The molecule has 2 heterocycles. The number of halogens is 1. The molecule has 1 aliphatic heterocycles. The molecule has 11 heteroatoms. The Morgan fingerprint density at radius 3 is 2.41 bits per heavy atom. The number of nitrogens with one attached hydrogen (secondary N) is 2.